The van der Waals surface area contributed by atoms with Gasteiger partial charge in [-0.1, -0.05) is 22.0 Å². The Morgan fingerprint density at radius 3 is 2.76 bits per heavy atom. The van der Waals surface area contributed by atoms with Gasteiger partial charge in [-0.2, -0.15) is 4.98 Å². The van der Waals surface area contributed by atoms with E-state index >= 15 is 0 Å². The third kappa shape index (κ3) is 1.75. The van der Waals surface area contributed by atoms with Crippen molar-refractivity contribution >= 4 is 21.7 Å². The zero-order valence-electron chi connectivity index (χ0n) is 11.6. The number of halogens is 1. The first-order valence-electron chi connectivity index (χ1n) is 6.50. The molecule has 1 aromatic carbocycles. The molecule has 0 amide bonds. The number of imidazole rings is 1. The lowest BCUT2D eigenvalue weighted by Gasteiger charge is -2.08. The predicted molar refractivity (Wildman–Crippen MR) is 82.0 cm³/mol. The molecule has 1 aliphatic carbocycles. The fourth-order valence-electron chi connectivity index (χ4n) is 2.80. The monoisotopic (exact) mass is 345 g/mol. The van der Waals surface area contributed by atoms with Crippen LogP contribution in [0.3, 0.4) is 0 Å². The van der Waals surface area contributed by atoms with Crippen LogP contribution in [0, 0.1) is 0 Å². The average molecular weight is 346 g/mol. The molecule has 0 radical (unpaired) electrons. The van der Waals surface area contributed by atoms with Crippen LogP contribution in [-0.2, 0) is 6.42 Å². The molecule has 0 bridgehead atoms. The van der Waals surface area contributed by atoms with Crippen molar-refractivity contribution in [3.05, 3.63) is 40.0 Å². The Bertz CT molecular complexity index is 873. The van der Waals surface area contributed by atoms with Crippen LogP contribution in [0.25, 0.3) is 17.0 Å². The molecule has 2 heterocycles. The summed E-state index contributed by atoms with van der Waals surface area (Å²) in [6.07, 6.45) is 0.815. The topological polar surface area (TPSA) is 48.7 Å². The lowest BCUT2D eigenvalue weighted by atomic mass is 10.1. The van der Waals surface area contributed by atoms with E-state index in [1.807, 2.05) is 10.5 Å². The zero-order valence-corrected chi connectivity index (χ0v) is 13.1. The van der Waals surface area contributed by atoms with E-state index in [4.69, 9.17) is 9.47 Å². The summed E-state index contributed by atoms with van der Waals surface area (Å²) in [6, 6.07) is 8.02. The van der Waals surface area contributed by atoms with E-state index in [1.54, 1.807) is 20.3 Å². The third-order valence-corrected chi connectivity index (χ3v) is 4.22. The van der Waals surface area contributed by atoms with Gasteiger partial charge in [0.25, 0.3) is 0 Å². The van der Waals surface area contributed by atoms with Gasteiger partial charge in [0.15, 0.2) is 0 Å². The van der Waals surface area contributed by atoms with Crippen LogP contribution in [0.2, 0.25) is 0 Å². The molecule has 5 nitrogen and oxygen atoms in total. The van der Waals surface area contributed by atoms with Crippen molar-refractivity contribution in [2.45, 2.75) is 6.42 Å². The highest BCUT2D eigenvalue weighted by Crippen LogP contribution is 2.39. The molecule has 0 N–H and O–H groups in total. The Labute approximate surface area is 129 Å². The number of hydrogen-bond acceptors (Lipinski definition) is 4. The van der Waals surface area contributed by atoms with E-state index < -0.39 is 0 Å². The highest BCUT2D eigenvalue weighted by molar-refractivity contribution is 9.10. The number of fused-ring (bicyclic) bond motifs is 5. The van der Waals surface area contributed by atoms with Gasteiger partial charge in [0.2, 0.25) is 17.5 Å². The summed E-state index contributed by atoms with van der Waals surface area (Å²) in [5.74, 6) is 1.78. The summed E-state index contributed by atoms with van der Waals surface area (Å²) in [4.78, 5) is 9.05. The molecule has 0 unspecified atom stereocenters. The van der Waals surface area contributed by atoms with Gasteiger partial charge in [0.1, 0.15) is 0 Å². The van der Waals surface area contributed by atoms with Crippen molar-refractivity contribution in [3.63, 3.8) is 0 Å². The minimum absolute atomic E-state index is 0.499. The Balaban J connectivity index is 2.01. The number of hydrogen-bond donors (Lipinski definition) is 0. The van der Waals surface area contributed by atoms with E-state index in [9.17, 15) is 0 Å². The van der Waals surface area contributed by atoms with E-state index in [0.717, 1.165) is 27.8 Å². The molecule has 0 saturated heterocycles. The minimum Gasteiger partial charge on any atom is -0.482 e. The summed E-state index contributed by atoms with van der Waals surface area (Å²) in [5.41, 5.74) is 4.48. The quantitative estimate of drug-likeness (QED) is 0.560. The second-order valence-electron chi connectivity index (χ2n) is 4.86. The van der Waals surface area contributed by atoms with Crippen LogP contribution in [0.15, 0.2) is 28.7 Å². The van der Waals surface area contributed by atoms with E-state index in [0.29, 0.717) is 17.5 Å². The van der Waals surface area contributed by atoms with E-state index in [2.05, 4.69) is 38.0 Å². The average Bonchev–Trinajstić information content (AvgIpc) is 3.00. The zero-order chi connectivity index (χ0) is 14.6. The third-order valence-electron chi connectivity index (χ3n) is 3.73. The van der Waals surface area contributed by atoms with Crippen molar-refractivity contribution in [2.24, 2.45) is 0 Å². The van der Waals surface area contributed by atoms with Gasteiger partial charge >= 0.3 is 0 Å². The summed E-state index contributed by atoms with van der Waals surface area (Å²) in [5, 5.41) is 0. The van der Waals surface area contributed by atoms with Crippen molar-refractivity contribution < 1.29 is 9.47 Å². The van der Waals surface area contributed by atoms with Crippen molar-refractivity contribution in [1.29, 1.82) is 0 Å². The van der Waals surface area contributed by atoms with Gasteiger partial charge in [0.05, 0.1) is 31.7 Å². The fourth-order valence-corrected chi connectivity index (χ4v) is 3.21. The number of nitrogens with zero attached hydrogens (tertiary/aromatic N) is 3. The number of ether oxygens (including phenoxy) is 2. The van der Waals surface area contributed by atoms with Crippen LogP contribution in [0.5, 0.6) is 11.8 Å². The Hall–Kier alpha value is -2.08. The maximum atomic E-state index is 5.47. The normalized spacial score (nSPS) is 12.3. The molecular weight excluding hydrogens is 334 g/mol. The number of benzene rings is 1. The molecule has 0 saturated carbocycles. The molecule has 0 fully saturated rings. The Morgan fingerprint density at radius 2 is 2.00 bits per heavy atom. The predicted octanol–water partition coefficient (Wildman–Crippen LogP) is 3.08. The SMILES string of the molecule is COc1cc(OC)n2c3c(nc2n1)-c1ccc(Br)cc1C3. The number of rotatable bonds is 2. The lowest BCUT2D eigenvalue weighted by molar-refractivity contribution is 0.369. The van der Waals surface area contributed by atoms with Gasteiger partial charge in [0, 0.05) is 16.5 Å². The Morgan fingerprint density at radius 1 is 1.14 bits per heavy atom. The molecule has 2 aromatic heterocycles. The Kier molecular flexibility index (Phi) is 2.68. The number of aromatic nitrogens is 3. The maximum Gasteiger partial charge on any atom is 0.240 e. The molecule has 0 aliphatic heterocycles. The van der Waals surface area contributed by atoms with Crippen LogP contribution >= 0.6 is 15.9 Å². The molecule has 6 heteroatoms. The summed E-state index contributed by atoms with van der Waals surface area (Å²) in [6.45, 7) is 0. The first-order valence-corrected chi connectivity index (χ1v) is 7.29. The summed E-state index contributed by atoms with van der Waals surface area (Å²) < 4.78 is 13.7. The van der Waals surface area contributed by atoms with Crippen molar-refractivity contribution in [3.8, 4) is 23.0 Å². The molecule has 4 rings (SSSR count). The summed E-state index contributed by atoms with van der Waals surface area (Å²) >= 11 is 3.51. The molecular formula is C15H12BrN3O2. The largest absolute Gasteiger partial charge is 0.482 e. The van der Waals surface area contributed by atoms with Crippen LogP contribution < -0.4 is 9.47 Å². The van der Waals surface area contributed by atoms with Crippen LogP contribution in [0.1, 0.15) is 11.3 Å². The maximum absolute atomic E-state index is 5.47. The molecule has 0 atom stereocenters. The first-order chi connectivity index (χ1) is 10.2. The van der Waals surface area contributed by atoms with Crippen molar-refractivity contribution in [2.75, 3.05) is 14.2 Å². The molecule has 0 spiro atoms. The molecule has 106 valence electrons. The van der Waals surface area contributed by atoms with Gasteiger partial charge in [-0.3, -0.25) is 4.40 Å². The first kappa shape index (κ1) is 12.6. The summed E-state index contributed by atoms with van der Waals surface area (Å²) in [7, 11) is 3.22. The lowest BCUT2D eigenvalue weighted by Crippen LogP contribution is -2.01. The molecule has 1 aliphatic rings. The second-order valence-corrected chi connectivity index (χ2v) is 5.78. The van der Waals surface area contributed by atoms with Gasteiger partial charge in [-0.15, -0.1) is 0 Å². The van der Waals surface area contributed by atoms with E-state index in [-0.39, 0.29) is 0 Å². The van der Waals surface area contributed by atoms with E-state index in [1.165, 1.54) is 5.56 Å². The van der Waals surface area contributed by atoms with Crippen molar-refractivity contribution in [1.82, 2.24) is 14.4 Å². The minimum atomic E-state index is 0.499. The molecule has 3 aromatic rings. The fraction of sp³-hybridized carbons (Fsp3) is 0.200. The van der Waals surface area contributed by atoms with Gasteiger partial charge in [-0.05, 0) is 17.7 Å². The van der Waals surface area contributed by atoms with Gasteiger partial charge < -0.3 is 9.47 Å². The molecule has 21 heavy (non-hydrogen) atoms. The van der Waals surface area contributed by atoms with Gasteiger partial charge in [-0.25, -0.2) is 4.98 Å². The smallest absolute Gasteiger partial charge is 0.240 e. The highest BCUT2D eigenvalue weighted by atomic mass is 79.9. The van der Waals surface area contributed by atoms with Crippen LogP contribution in [-0.4, -0.2) is 28.6 Å². The van der Waals surface area contributed by atoms with Crippen LogP contribution in [0.4, 0.5) is 0 Å². The second kappa shape index (κ2) is 4.46. The standard InChI is InChI=1S/C15H12BrN3O2/c1-20-12-7-13(21-2)19-11-6-8-5-9(16)3-4-10(8)14(11)18-15(19)17-12/h3-5,7H,6H2,1-2H3. The highest BCUT2D eigenvalue weighted by Gasteiger charge is 2.26. The number of methoxy groups -OCH3 is 2.